The van der Waals surface area contributed by atoms with Gasteiger partial charge in [-0.05, 0) is 51.1 Å². The van der Waals surface area contributed by atoms with Gasteiger partial charge in [0.25, 0.3) is 0 Å². The van der Waals surface area contributed by atoms with E-state index in [1.165, 1.54) is 25.9 Å². The minimum Gasteiger partial charge on any atom is -0.492 e. The molecular weight excluding hydrogens is 276 g/mol. The number of benzene rings is 1. The summed E-state index contributed by atoms with van der Waals surface area (Å²) in [5, 5.41) is 0. The number of anilines is 1. The Morgan fingerprint density at radius 1 is 1.23 bits per heavy atom. The van der Waals surface area contributed by atoms with Crippen molar-refractivity contribution in [2.75, 3.05) is 32.0 Å². The van der Waals surface area contributed by atoms with E-state index in [0.29, 0.717) is 12.3 Å². The molecule has 0 spiro atoms. The Balaban J connectivity index is 1.77. The van der Waals surface area contributed by atoms with Gasteiger partial charge in [-0.1, -0.05) is 0 Å². The van der Waals surface area contributed by atoms with Crippen LogP contribution in [0, 0.1) is 6.92 Å². The minimum absolute atomic E-state index is 0.684. The van der Waals surface area contributed by atoms with E-state index in [2.05, 4.69) is 14.9 Å². The fourth-order valence-electron chi connectivity index (χ4n) is 2.83. The number of nitrogens with zero attached hydrogens (tertiary/aromatic N) is 3. The van der Waals surface area contributed by atoms with Crippen molar-refractivity contribution in [1.29, 1.82) is 0 Å². The molecule has 0 aliphatic carbocycles. The molecule has 2 aromatic rings. The Labute approximate surface area is 131 Å². The molecule has 2 heterocycles. The molecule has 22 heavy (non-hydrogen) atoms. The van der Waals surface area contributed by atoms with E-state index in [1.54, 1.807) is 6.33 Å². The number of aryl methyl sites for hydroxylation is 1. The molecule has 3 rings (SSSR count). The SMILES string of the molecule is Cc1ncncc1-c1cc(N)ccc1OCCN1CCCC1. The van der Waals surface area contributed by atoms with Crippen molar-refractivity contribution < 1.29 is 4.74 Å². The van der Waals surface area contributed by atoms with Crippen LogP contribution in [0.4, 0.5) is 5.69 Å². The van der Waals surface area contributed by atoms with Gasteiger partial charge in [0.2, 0.25) is 0 Å². The number of likely N-dealkylation sites (tertiary alicyclic amines) is 1. The third-order valence-electron chi connectivity index (χ3n) is 4.07. The molecule has 1 fully saturated rings. The monoisotopic (exact) mass is 298 g/mol. The largest absolute Gasteiger partial charge is 0.492 e. The van der Waals surface area contributed by atoms with Crippen LogP contribution in [0.5, 0.6) is 5.75 Å². The molecule has 5 heteroatoms. The summed E-state index contributed by atoms with van der Waals surface area (Å²) >= 11 is 0. The van der Waals surface area contributed by atoms with Gasteiger partial charge in [-0.15, -0.1) is 0 Å². The van der Waals surface area contributed by atoms with Crippen molar-refractivity contribution in [2.45, 2.75) is 19.8 Å². The Hall–Kier alpha value is -2.14. The highest BCUT2D eigenvalue weighted by Crippen LogP contribution is 2.32. The van der Waals surface area contributed by atoms with Crippen LogP contribution < -0.4 is 10.5 Å². The van der Waals surface area contributed by atoms with Gasteiger partial charge in [0.1, 0.15) is 18.7 Å². The molecule has 1 aromatic heterocycles. The predicted octanol–water partition coefficient (Wildman–Crippen LogP) is 2.51. The third kappa shape index (κ3) is 3.36. The average molecular weight is 298 g/mol. The summed E-state index contributed by atoms with van der Waals surface area (Å²) in [6.45, 7) is 5.99. The first-order valence-corrected chi connectivity index (χ1v) is 7.76. The highest BCUT2D eigenvalue weighted by Gasteiger charge is 2.13. The van der Waals surface area contributed by atoms with E-state index in [9.17, 15) is 0 Å². The predicted molar refractivity (Wildman–Crippen MR) is 87.8 cm³/mol. The summed E-state index contributed by atoms with van der Waals surface area (Å²) in [7, 11) is 0. The Kier molecular flexibility index (Phi) is 4.53. The van der Waals surface area contributed by atoms with E-state index < -0.39 is 0 Å². The lowest BCUT2D eigenvalue weighted by Gasteiger charge is -2.17. The maximum atomic E-state index is 6.01. The number of aromatic nitrogens is 2. The summed E-state index contributed by atoms with van der Waals surface area (Å²) in [4.78, 5) is 10.8. The zero-order valence-electron chi connectivity index (χ0n) is 13.0. The lowest BCUT2D eigenvalue weighted by atomic mass is 10.0. The molecular formula is C17H22N4O. The van der Waals surface area contributed by atoms with Crippen LogP contribution >= 0.6 is 0 Å². The van der Waals surface area contributed by atoms with Crippen LogP contribution in [0.25, 0.3) is 11.1 Å². The normalized spacial score (nSPS) is 15.1. The van der Waals surface area contributed by atoms with Crippen LogP contribution in [0.2, 0.25) is 0 Å². The highest BCUT2D eigenvalue weighted by molar-refractivity contribution is 5.74. The zero-order valence-corrected chi connectivity index (χ0v) is 13.0. The summed E-state index contributed by atoms with van der Waals surface area (Å²) in [5.41, 5.74) is 9.49. The highest BCUT2D eigenvalue weighted by atomic mass is 16.5. The van der Waals surface area contributed by atoms with Gasteiger partial charge in [-0.25, -0.2) is 9.97 Å². The van der Waals surface area contributed by atoms with E-state index in [4.69, 9.17) is 10.5 Å². The first kappa shape index (κ1) is 14.8. The molecule has 0 amide bonds. The molecule has 1 aromatic carbocycles. The molecule has 0 atom stereocenters. The number of hydrogen-bond acceptors (Lipinski definition) is 5. The van der Waals surface area contributed by atoms with Gasteiger partial charge in [-0.2, -0.15) is 0 Å². The molecule has 5 nitrogen and oxygen atoms in total. The van der Waals surface area contributed by atoms with E-state index in [-0.39, 0.29) is 0 Å². The average Bonchev–Trinajstić information content (AvgIpc) is 3.03. The lowest BCUT2D eigenvalue weighted by Crippen LogP contribution is -2.25. The second-order valence-electron chi connectivity index (χ2n) is 5.67. The summed E-state index contributed by atoms with van der Waals surface area (Å²) in [6, 6.07) is 5.73. The Morgan fingerprint density at radius 3 is 2.82 bits per heavy atom. The van der Waals surface area contributed by atoms with E-state index in [0.717, 1.165) is 29.1 Å². The smallest absolute Gasteiger partial charge is 0.127 e. The first-order chi connectivity index (χ1) is 10.7. The molecule has 1 aliphatic heterocycles. The van der Waals surface area contributed by atoms with Gasteiger partial charge < -0.3 is 10.5 Å². The van der Waals surface area contributed by atoms with Gasteiger partial charge in [-0.3, -0.25) is 4.90 Å². The molecule has 116 valence electrons. The zero-order chi connectivity index (χ0) is 15.4. The quantitative estimate of drug-likeness (QED) is 0.859. The van der Waals surface area contributed by atoms with E-state index >= 15 is 0 Å². The summed E-state index contributed by atoms with van der Waals surface area (Å²) in [6.07, 6.45) is 5.96. The van der Waals surface area contributed by atoms with E-state index in [1.807, 2.05) is 31.3 Å². The number of nitrogen functional groups attached to an aromatic ring is 1. The van der Waals surface area contributed by atoms with Crippen molar-refractivity contribution in [2.24, 2.45) is 0 Å². The molecule has 0 bridgehead atoms. The van der Waals surface area contributed by atoms with Gasteiger partial charge in [0.15, 0.2) is 0 Å². The van der Waals surface area contributed by atoms with Gasteiger partial charge in [0.05, 0.1) is 0 Å². The second kappa shape index (κ2) is 6.75. The van der Waals surface area contributed by atoms with Gasteiger partial charge in [0, 0.05) is 35.2 Å². The lowest BCUT2D eigenvalue weighted by molar-refractivity contribution is 0.238. The topological polar surface area (TPSA) is 64.3 Å². The maximum Gasteiger partial charge on any atom is 0.127 e. The van der Waals surface area contributed by atoms with Crippen LogP contribution in [-0.4, -0.2) is 41.1 Å². The summed E-state index contributed by atoms with van der Waals surface area (Å²) < 4.78 is 6.01. The number of nitrogens with two attached hydrogens (primary N) is 1. The van der Waals surface area contributed by atoms with Crippen molar-refractivity contribution in [1.82, 2.24) is 14.9 Å². The molecule has 0 unspecified atom stereocenters. The second-order valence-corrected chi connectivity index (χ2v) is 5.67. The van der Waals surface area contributed by atoms with Crippen LogP contribution in [0.1, 0.15) is 18.5 Å². The van der Waals surface area contributed by atoms with Crippen molar-refractivity contribution in [3.63, 3.8) is 0 Å². The molecule has 2 N–H and O–H groups in total. The fraction of sp³-hybridized carbons (Fsp3) is 0.412. The van der Waals surface area contributed by atoms with Crippen LogP contribution in [0.3, 0.4) is 0 Å². The van der Waals surface area contributed by atoms with Crippen LogP contribution in [-0.2, 0) is 0 Å². The fourth-order valence-corrected chi connectivity index (χ4v) is 2.83. The maximum absolute atomic E-state index is 6.01. The van der Waals surface area contributed by atoms with Crippen molar-refractivity contribution >= 4 is 5.69 Å². The Morgan fingerprint density at radius 2 is 2.05 bits per heavy atom. The molecule has 0 radical (unpaired) electrons. The third-order valence-corrected chi connectivity index (χ3v) is 4.07. The molecule has 0 saturated carbocycles. The van der Waals surface area contributed by atoms with Crippen molar-refractivity contribution in [3.8, 4) is 16.9 Å². The standard InChI is InChI=1S/C17H22N4O/c1-13-16(11-19-12-20-13)15-10-14(18)4-5-17(15)22-9-8-21-6-2-3-7-21/h4-5,10-12H,2-3,6-9,18H2,1H3. The number of rotatable bonds is 5. The van der Waals surface area contributed by atoms with Gasteiger partial charge >= 0.3 is 0 Å². The van der Waals surface area contributed by atoms with Crippen LogP contribution in [0.15, 0.2) is 30.7 Å². The first-order valence-electron chi connectivity index (χ1n) is 7.76. The Bertz CT molecular complexity index is 638. The molecule has 1 saturated heterocycles. The number of hydrogen-bond donors (Lipinski definition) is 1. The minimum atomic E-state index is 0.684. The van der Waals surface area contributed by atoms with Crippen molar-refractivity contribution in [3.05, 3.63) is 36.4 Å². The molecule has 1 aliphatic rings. The summed E-state index contributed by atoms with van der Waals surface area (Å²) in [5.74, 6) is 0.839. The number of ether oxygens (including phenoxy) is 1.